The lowest BCUT2D eigenvalue weighted by Crippen LogP contribution is -2.44. The lowest BCUT2D eigenvalue weighted by atomic mass is 9.85. The molecular weight excluding hydrogens is 320 g/mol. The van der Waals surface area contributed by atoms with Crippen LogP contribution in [0.5, 0.6) is 0 Å². The number of hydrogen-bond acceptors (Lipinski definition) is 5. The standard InChI is InChI=1S/C18H18N4OS/c19-11-18(5-1-2-6-18)17(23)22-7-3-15-14(9-22)16(21-12-20-15)13-4-8-24-10-13/h4,8,10,12H,1-3,5-7,9H2. The molecule has 3 heterocycles. The van der Waals surface area contributed by atoms with Crippen molar-refractivity contribution < 1.29 is 4.79 Å². The zero-order chi connectivity index (χ0) is 16.6. The van der Waals surface area contributed by atoms with Gasteiger partial charge in [-0.2, -0.15) is 16.6 Å². The highest BCUT2D eigenvalue weighted by Crippen LogP contribution is 2.40. The predicted molar refractivity (Wildman–Crippen MR) is 91.0 cm³/mol. The molecule has 2 aromatic rings. The van der Waals surface area contributed by atoms with E-state index in [4.69, 9.17) is 0 Å². The lowest BCUT2D eigenvalue weighted by Gasteiger charge is -2.33. The summed E-state index contributed by atoms with van der Waals surface area (Å²) in [5.41, 5.74) is 3.23. The first-order valence-corrected chi connectivity index (χ1v) is 9.24. The third kappa shape index (κ3) is 2.40. The number of nitriles is 1. The van der Waals surface area contributed by atoms with Crippen LogP contribution in [0, 0.1) is 16.7 Å². The van der Waals surface area contributed by atoms with E-state index in [1.165, 1.54) is 0 Å². The van der Waals surface area contributed by atoms with Gasteiger partial charge in [0.2, 0.25) is 5.91 Å². The summed E-state index contributed by atoms with van der Waals surface area (Å²) in [7, 11) is 0. The topological polar surface area (TPSA) is 69.9 Å². The number of aromatic nitrogens is 2. The number of amides is 1. The Balaban J connectivity index is 1.66. The van der Waals surface area contributed by atoms with Gasteiger partial charge in [0.25, 0.3) is 0 Å². The first-order chi connectivity index (χ1) is 11.7. The molecular formula is C18H18N4OS. The molecule has 0 unspecified atom stereocenters. The van der Waals surface area contributed by atoms with Crippen molar-refractivity contribution in [2.45, 2.75) is 38.6 Å². The first kappa shape index (κ1) is 15.3. The Morgan fingerprint density at radius 2 is 2.17 bits per heavy atom. The molecule has 0 atom stereocenters. The molecule has 0 N–H and O–H groups in total. The molecule has 0 saturated heterocycles. The van der Waals surface area contributed by atoms with Crippen LogP contribution in [0.25, 0.3) is 11.3 Å². The molecule has 24 heavy (non-hydrogen) atoms. The highest BCUT2D eigenvalue weighted by atomic mass is 32.1. The maximum absolute atomic E-state index is 13.0. The highest BCUT2D eigenvalue weighted by Gasteiger charge is 2.44. The predicted octanol–water partition coefficient (Wildman–Crippen LogP) is 3.17. The summed E-state index contributed by atoms with van der Waals surface area (Å²) in [5, 5.41) is 13.7. The van der Waals surface area contributed by atoms with Crippen LogP contribution in [-0.2, 0) is 17.8 Å². The molecule has 0 spiro atoms. The van der Waals surface area contributed by atoms with Crippen LogP contribution >= 0.6 is 11.3 Å². The third-order valence-corrected chi connectivity index (χ3v) is 5.85. The van der Waals surface area contributed by atoms with E-state index < -0.39 is 5.41 Å². The van der Waals surface area contributed by atoms with E-state index in [-0.39, 0.29) is 5.91 Å². The van der Waals surface area contributed by atoms with Crippen molar-refractivity contribution in [1.82, 2.24) is 14.9 Å². The fraction of sp³-hybridized carbons (Fsp3) is 0.444. The van der Waals surface area contributed by atoms with Gasteiger partial charge in [-0.25, -0.2) is 9.97 Å². The Morgan fingerprint density at radius 1 is 1.33 bits per heavy atom. The number of thiophene rings is 1. The second-order valence-electron chi connectivity index (χ2n) is 6.54. The van der Waals surface area contributed by atoms with Gasteiger partial charge in [-0.1, -0.05) is 12.8 Å². The van der Waals surface area contributed by atoms with E-state index in [0.29, 0.717) is 25.9 Å². The molecule has 1 amide bonds. The van der Waals surface area contributed by atoms with Crippen LogP contribution in [-0.4, -0.2) is 27.3 Å². The van der Waals surface area contributed by atoms with Gasteiger partial charge < -0.3 is 4.90 Å². The van der Waals surface area contributed by atoms with E-state index >= 15 is 0 Å². The Morgan fingerprint density at radius 3 is 2.88 bits per heavy atom. The van der Waals surface area contributed by atoms with Gasteiger partial charge >= 0.3 is 0 Å². The number of fused-ring (bicyclic) bond motifs is 1. The maximum atomic E-state index is 13.0. The SMILES string of the molecule is N#CC1(C(=O)N2CCc3ncnc(-c4ccsc4)c3C2)CCCC1. The lowest BCUT2D eigenvalue weighted by molar-refractivity contribution is -0.139. The van der Waals surface area contributed by atoms with E-state index in [1.807, 2.05) is 16.3 Å². The summed E-state index contributed by atoms with van der Waals surface area (Å²) >= 11 is 1.63. The fourth-order valence-corrected chi connectivity index (χ4v) is 4.46. The van der Waals surface area contributed by atoms with Crippen LogP contribution in [0.2, 0.25) is 0 Å². The van der Waals surface area contributed by atoms with Crippen molar-refractivity contribution in [3.05, 3.63) is 34.4 Å². The summed E-state index contributed by atoms with van der Waals surface area (Å²) in [6.45, 7) is 1.14. The third-order valence-electron chi connectivity index (χ3n) is 5.16. The molecule has 2 aromatic heterocycles. The minimum atomic E-state index is -0.810. The zero-order valence-corrected chi connectivity index (χ0v) is 14.2. The molecule has 4 rings (SSSR count). The average Bonchev–Trinajstić information content (AvgIpc) is 3.32. The van der Waals surface area contributed by atoms with Crippen LogP contribution < -0.4 is 0 Å². The summed E-state index contributed by atoms with van der Waals surface area (Å²) in [5.74, 6) is -0.00623. The minimum Gasteiger partial charge on any atom is -0.336 e. The largest absolute Gasteiger partial charge is 0.336 e. The minimum absolute atomic E-state index is 0.00623. The van der Waals surface area contributed by atoms with E-state index in [1.54, 1.807) is 17.7 Å². The van der Waals surface area contributed by atoms with Crippen LogP contribution in [0.4, 0.5) is 0 Å². The van der Waals surface area contributed by atoms with Crippen LogP contribution in [0.15, 0.2) is 23.2 Å². The summed E-state index contributed by atoms with van der Waals surface area (Å²) in [6.07, 6.45) is 5.64. The Labute approximate surface area is 145 Å². The number of rotatable bonds is 2. The number of nitrogens with zero attached hydrogens (tertiary/aromatic N) is 4. The van der Waals surface area contributed by atoms with Gasteiger partial charge in [0.15, 0.2) is 0 Å². The van der Waals surface area contributed by atoms with Gasteiger partial charge in [-0.3, -0.25) is 4.79 Å². The highest BCUT2D eigenvalue weighted by molar-refractivity contribution is 7.08. The van der Waals surface area contributed by atoms with Gasteiger partial charge in [0.05, 0.1) is 17.5 Å². The molecule has 6 heteroatoms. The molecule has 1 saturated carbocycles. The molecule has 122 valence electrons. The van der Waals surface area contributed by atoms with Crippen molar-refractivity contribution >= 4 is 17.2 Å². The van der Waals surface area contributed by atoms with Crippen molar-refractivity contribution in [2.24, 2.45) is 5.41 Å². The van der Waals surface area contributed by atoms with Gasteiger partial charge in [-0.15, -0.1) is 0 Å². The molecule has 1 aliphatic heterocycles. The number of hydrogen-bond donors (Lipinski definition) is 0. The monoisotopic (exact) mass is 338 g/mol. The summed E-state index contributed by atoms with van der Waals surface area (Å²) in [4.78, 5) is 23.7. The molecule has 1 aliphatic carbocycles. The summed E-state index contributed by atoms with van der Waals surface area (Å²) in [6, 6.07) is 4.36. The Kier molecular flexibility index (Phi) is 3.81. The normalized spacial score (nSPS) is 18.9. The van der Waals surface area contributed by atoms with Gasteiger partial charge in [0.1, 0.15) is 11.7 Å². The van der Waals surface area contributed by atoms with Gasteiger partial charge in [0, 0.05) is 36.0 Å². The number of carbonyl (C=O) groups is 1. The maximum Gasteiger partial charge on any atom is 0.243 e. The summed E-state index contributed by atoms with van der Waals surface area (Å²) < 4.78 is 0. The van der Waals surface area contributed by atoms with Crippen molar-refractivity contribution in [1.29, 1.82) is 5.26 Å². The second-order valence-corrected chi connectivity index (χ2v) is 7.32. The van der Waals surface area contributed by atoms with Crippen LogP contribution in [0.3, 0.4) is 0 Å². The van der Waals surface area contributed by atoms with Crippen molar-refractivity contribution in [3.8, 4) is 17.3 Å². The molecule has 0 aromatic carbocycles. The smallest absolute Gasteiger partial charge is 0.243 e. The number of carbonyl (C=O) groups excluding carboxylic acids is 1. The first-order valence-electron chi connectivity index (χ1n) is 8.29. The van der Waals surface area contributed by atoms with E-state index in [9.17, 15) is 10.1 Å². The molecule has 5 nitrogen and oxygen atoms in total. The second kappa shape index (κ2) is 5.99. The van der Waals surface area contributed by atoms with E-state index in [0.717, 1.165) is 41.8 Å². The van der Waals surface area contributed by atoms with Crippen molar-refractivity contribution in [3.63, 3.8) is 0 Å². The fourth-order valence-electron chi connectivity index (χ4n) is 3.82. The van der Waals surface area contributed by atoms with Gasteiger partial charge in [-0.05, 0) is 24.3 Å². The van der Waals surface area contributed by atoms with Crippen LogP contribution in [0.1, 0.15) is 36.9 Å². The zero-order valence-electron chi connectivity index (χ0n) is 13.4. The average molecular weight is 338 g/mol. The molecule has 1 fully saturated rings. The quantitative estimate of drug-likeness (QED) is 0.843. The van der Waals surface area contributed by atoms with E-state index in [2.05, 4.69) is 21.4 Å². The molecule has 2 aliphatic rings. The molecule has 0 radical (unpaired) electrons. The van der Waals surface area contributed by atoms with Crippen molar-refractivity contribution in [2.75, 3.05) is 6.54 Å². The molecule has 0 bridgehead atoms. The Bertz CT molecular complexity index is 803. The Hall–Kier alpha value is -2.26.